The van der Waals surface area contributed by atoms with E-state index in [1.807, 2.05) is 42.8 Å². The van der Waals surface area contributed by atoms with Crippen LogP contribution < -0.4 is 10.1 Å². The van der Waals surface area contributed by atoms with Gasteiger partial charge in [-0.05, 0) is 36.1 Å². The monoisotopic (exact) mass is 474 g/mol. The van der Waals surface area contributed by atoms with E-state index < -0.39 is 0 Å². The summed E-state index contributed by atoms with van der Waals surface area (Å²) < 4.78 is 13.3. The first kappa shape index (κ1) is 22.8. The van der Waals surface area contributed by atoms with Crippen LogP contribution >= 0.6 is 22.9 Å². The lowest BCUT2D eigenvalue weighted by molar-refractivity contribution is -0.116. The Morgan fingerprint density at radius 2 is 2.16 bits per heavy atom. The van der Waals surface area contributed by atoms with Crippen LogP contribution in [0.25, 0.3) is 11.3 Å². The van der Waals surface area contributed by atoms with Gasteiger partial charge in [-0.1, -0.05) is 17.7 Å². The van der Waals surface area contributed by atoms with Gasteiger partial charge in [-0.3, -0.25) is 14.4 Å². The second-order valence-electron chi connectivity index (χ2n) is 7.61. The average molecular weight is 475 g/mol. The Morgan fingerprint density at radius 3 is 2.88 bits per heavy atom. The lowest BCUT2D eigenvalue weighted by atomic mass is 10.1. The predicted molar refractivity (Wildman–Crippen MR) is 128 cm³/mol. The molecule has 7 nitrogen and oxygen atoms in total. The molecule has 1 saturated heterocycles. The highest BCUT2D eigenvalue weighted by Crippen LogP contribution is 2.36. The lowest BCUT2D eigenvalue weighted by Crippen LogP contribution is -2.38. The number of carbonyl (C=O) groups excluding carboxylic acids is 1. The molecule has 0 bridgehead atoms. The molecule has 0 radical (unpaired) electrons. The van der Waals surface area contributed by atoms with Crippen LogP contribution in [0.1, 0.15) is 11.3 Å². The summed E-state index contributed by atoms with van der Waals surface area (Å²) in [6, 6.07) is 9.69. The fourth-order valence-electron chi connectivity index (χ4n) is 3.66. The van der Waals surface area contributed by atoms with Gasteiger partial charge in [-0.2, -0.15) is 5.10 Å². The topological polar surface area (TPSA) is 68.6 Å². The van der Waals surface area contributed by atoms with Gasteiger partial charge in [0.1, 0.15) is 12.4 Å². The van der Waals surface area contributed by atoms with E-state index in [0.717, 1.165) is 50.5 Å². The molecule has 2 aromatic heterocycles. The quantitative estimate of drug-likeness (QED) is 0.506. The number of nitrogens with one attached hydrogen (secondary N) is 1. The normalized spacial score (nSPS) is 14.4. The maximum atomic E-state index is 12.5. The Morgan fingerprint density at radius 1 is 1.31 bits per heavy atom. The van der Waals surface area contributed by atoms with Gasteiger partial charge in [-0.25, -0.2) is 0 Å². The van der Waals surface area contributed by atoms with Crippen molar-refractivity contribution in [2.75, 3.05) is 44.8 Å². The predicted octanol–water partition coefficient (Wildman–Crippen LogP) is 4.08. The van der Waals surface area contributed by atoms with Gasteiger partial charge in [0, 0.05) is 49.2 Å². The van der Waals surface area contributed by atoms with E-state index >= 15 is 0 Å². The number of morpholine rings is 1. The van der Waals surface area contributed by atoms with Crippen LogP contribution in [0.5, 0.6) is 5.75 Å². The van der Waals surface area contributed by atoms with Crippen molar-refractivity contribution in [3.8, 4) is 17.0 Å². The van der Waals surface area contributed by atoms with Gasteiger partial charge in [-0.15, -0.1) is 11.3 Å². The van der Waals surface area contributed by atoms with Gasteiger partial charge < -0.3 is 14.8 Å². The van der Waals surface area contributed by atoms with Crippen molar-refractivity contribution in [3.05, 3.63) is 51.8 Å². The van der Waals surface area contributed by atoms with Crippen molar-refractivity contribution in [2.24, 2.45) is 7.05 Å². The summed E-state index contributed by atoms with van der Waals surface area (Å²) in [5, 5.41) is 9.81. The number of amides is 1. The Kier molecular flexibility index (Phi) is 7.81. The molecule has 3 heterocycles. The van der Waals surface area contributed by atoms with E-state index in [1.165, 1.54) is 4.88 Å². The Hall–Kier alpha value is -2.39. The molecule has 0 aliphatic carbocycles. The molecule has 32 heavy (non-hydrogen) atoms. The number of hydrogen-bond acceptors (Lipinski definition) is 6. The first-order valence-corrected chi connectivity index (χ1v) is 11.9. The molecule has 1 aliphatic rings. The van der Waals surface area contributed by atoms with E-state index in [2.05, 4.69) is 15.3 Å². The summed E-state index contributed by atoms with van der Waals surface area (Å²) in [6.45, 7) is 4.73. The molecule has 9 heteroatoms. The molecule has 1 aromatic carbocycles. The molecule has 0 atom stereocenters. The Labute approximate surface area is 196 Å². The molecule has 4 rings (SSSR count). The van der Waals surface area contributed by atoms with E-state index in [4.69, 9.17) is 21.1 Å². The van der Waals surface area contributed by atoms with Gasteiger partial charge in [0.2, 0.25) is 5.91 Å². The smallest absolute Gasteiger partial charge is 0.224 e. The number of thiophene rings is 1. The third-order valence-electron chi connectivity index (χ3n) is 5.36. The SMILES string of the molecule is Cn1ncc(Cl)c1-c1cc(NC(=O)CCc2cccs2)ccc1OCCN1CCOCC1. The molecule has 3 aromatic rings. The van der Waals surface area contributed by atoms with Crippen LogP contribution in [0.4, 0.5) is 5.69 Å². The maximum absolute atomic E-state index is 12.5. The van der Waals surface area contributed by atoms with Crippen molar-refractivity contribution in [2.45, 2.75) is 12.8 Å². The van der Waals surface area contributed by atoms with Crippen LogP contribution in [0.3, 0.4) is 0 Å². The summed E-state index contributed by atoms with van der Waals surface area (Å²) in [4.78, 5) is 16.0. The highest BCUT2D eigenvalue weighted by atomic mass is 35.5. The minimum Gasteiger partial charge on any atom is -0.492 e. The third kappa shape index (κ3) is 5.89. The Bertz CT molecular complexity index is 1010. The van der Waals surface area contributed by atoms with Crippen molar-refractivity contribution in [1.29, 1.82) is 0 Å². The Balaban J connectivity index is 1.46. The van der Waals surface area contributed by atoms with Gasteiger partial charge in [0.15, 0.2) is 0 Å². The van der Waals surface area contributed by atoms with Crippen molar-refractivity contribution in [1.82, 2.24) is 14.7 Å². The second-order valence-corrected chi connectivity index (χ2v) is 9.05. The minimum absolute atomic E-state index is 0.0264. The molecule has 1 aliphatic heterocycles. The molecular formula is C23H27ClN4O3S. The summed E-state index contributed by atoms with van der Waals surface area (Å²) >= 11 is 8.09. The maximum Gasteiger partial charge on any atom is 0.224 e. The summed E-state index contributed by atoms with van der Waals surface area (Å²) in [5.74, 6) is 0.682. The van der Waals surface area contributed by atoms with Gasteiger partial charge in [0.05, 0.1) is 30.1 Å². The zero-order valence-electron chi connectivity index (χ0n) is 18.1. The second kappa shape index (κ2) is 11.0. The van der Waals surface area contributed by atoms with E-state index in [-0.39, 0.29) is 5.91 Å². The van der Waals surface area contributed by atoms with Crippen LogP contribution in [-0.4, -0.2) is 60.0 Å². The minimum atomic E-state index is -0.0264. The number of hydrogen-bond donors (Lipinski definition) is 1. The fraction of sp³-hybridized carbons (Fsp3) is 0.391. The highest BCUT2D eigenvalue weighted by molar-refractivity contribution is 7.09. The molecule has 0 saturated carbocycles. The number of ether oxygens (including phenoxy) is 2. The largest absolute Gasteiger partial charge is 0.492 e. The zero-order chi connectivity index (χ0) is 22.3. The lowest BCUT2D eigenvalue weighted by Gasteiger charge is -2.26. The molecular weight excluding hydrogens is 448 g/mol. The number of rotatable bonds is 9. The van der Waals surface area contributed by atoms with E-state index in [1.54, 1.807) is 22.2 Å². The summed E-state index contributed by atoms with van der Waals surface area (Å²) in [7, 11) is 1.84. The third-order valence-corrected chi connectivity index (χ3v) is 6.57. The van der Waals surface area contributed by atoms with Crippen molar-refractivity contribution < 1.29 is 14.3 Å². The average Bonchev–Trinajstić information content (AvgIpc) is 3.43. The molecule has 0 spiro atoms. The van der Waals surface area contributed by atoms with E-state index in [9.17, 15) is 4.79 Å². The van der Waals surface area contributed by atoms with Crippen LogP contribution in [0, 0.1) is 0 Å². The van der Waals surface area contributed by atoms with Gasteiger partial charge >= 0.3 is 0 Å². The number of aromatic nitrogens is 2. The number of carbonyl (C=O) groups is 1. The van der Waals surface area contributed by atoms with Crippen LogP contribution in [0.15, 0.2) is 41.9 Å². The standard InChI is InChI=1S/C23H27ClN4O3S/c1-27-23(20(24)16-25-27)19-15-17(26-22(29)7-5-18-3-2-14-32-18)4-6-21(19)31-13-10-28-8-11-30-12-9-28/h2-4,6,14-16H,5,7-13H2,1H3,(H,26,29). The number of nitrogens with zero attached hydrogens (tertiary/aromatic N) is 3. The molecule has 1 fully saturated rings. The van der Waals surface area contributed by atoms with Gasteiger partial charge in [0.25, 0.3) is 0 Å². The highest BCUT2D eigenvalue weighted by Gasteiger charge is 2.17. The number of halogens is 1. The number of aryl methyl sites for hydroxylation is 2. The molecule has 1 N–H and O–H groups in total. The number of benzene rings is 1. The summed E-state index contributed by atoms with van der Waals surface area (Å²) in [6.07, 6.45) is 2.77. The molecule has 0 unspecified atom stereocenters. The van der Waals surface area contributed by atoms with Crippen LogP contribution in [0.2, 0.25) is 5.02 Å². The molecule has 1 amide bonds. The van der Waals surface area contributed by atoms with Crippen LogP contribution in [-0.2, 0) is 23.0 Å². The fourth-order valence-corrected chi connectivity index (χ4v) is 4.63. The molecule has 170 valence electrons. The van der Waals surface area contributed by atoms with Crippen molar-refractivity contribution >= 4 is 34.5 Å². The summed E-state index contributed by atoms with van der Waals surface area (Å²) in [5.41, 5.74) is 2.25. The zero-order valence-corrected chi connectivity index (χ0v) is 19.6. The van der Waals surface area contributed by atoms with E-state index in [0.29, 0.717) is 29.5 Å². The first-order valence-electron chi connectivity index (χ1n) is 10.7. The number of anilines is 1. The van der Waals surface area contributed by atoms with Crippen molar-refractivity contribution in [3.63, 3.8) is 0 Å². The first-order chi connectivity index (χ1) is 15.6.